The molecule has 0 rings (SSSR count). The van der Waals surface area contributed by atoms with Gasteiger partial charge in [-0.25, -0.2) is 9.59 Å². The third-order valence-corrected chi connectivity index (χ3v) is 4.76. The molecular formula is C12H24I2N2O8. The molecule has 0 aromatic heterocycles. The van der Waals surface area contributed by atoms with Crippen molar-refractivity contribution in [3.05, 3.63) is 7.16 Å². The Labute approximate surface area is 167 Å². The van der Waals surface area contributed by atoms with Crippen LogP contribution < -0.4 is 10.6 Å². The van der Waals surface area contributed by atoms with E-state index >= 15 is 0 Å². The van der Waals surface area contributed by atoms with Crippen LogP contribution in [0.1, 0.15) is 0 Å². The smallest absolute Gasteiger partial charge is 0.343 e. The molecule has 0 saturated heterocycles. The summed E-state index contributed by atoms with van der Waals surface area (Å²) in [5, 5.41) is 54.7. The molecule has 0 saturated carbocycles. The Hall–Kier alpha value is -0.100. The number of carboxylic acid groups (broad SMARTS) is 2. The minimum absolute atomic E-state index is 0.139. The normalized spacial score (nSPS) is 10.6. The molecule has 0 atom stereocenters. The van der Waals surface area contributed by atoms with Crippen molar-refractivity contribution >= 4 is 57.1 Å². The van der Waals surface area contributed by atoms with Crippen molar-refractivity contribution in [1.82, 2.24) is 10.6 Å². The first-order valence-electron chi connectivity index (χ1n) is 6.66. The first kappa shape index (κ1) is 28.7. The van der Waals surface area contributed by atoms with Gasteiger partial charge in [0.2, 0.25) is 0 Å². The first-order valence-corrected chi connectivity index (χ1v) is 8.82. The number of aliphatic carboxylic acids is 2. The van der Waals surface area contributed by atoms with E-state index < -0.39 is 11.9 Å². The van der Waals surface area contributed by atoms with Gasteiger partial charge >= 0.3 is 11.9 Å². The fourth-order valence-electron chi connectivity index (χ4n) is 0.754. The van der Waals surface area contributed by atoms with E-state index in [-0.39, 0.29) is 33.6 Å². The van der Waals surface area contributed by atoms with Crippen molar-refractivity contribution in [2.75, 3.05) is 52.6 Å². The summed E-state index contributed by atoms with van der Waals surface area (Å²) in [5.41, 5.74) is 0. The number of carboxylic acids is 2. The molecule has 0 aliphatic heterocycles. The molecule has 0 aliphatic carbocycles. The van der Waals surface area contributed by atoms with Gasteiger partial charge in [-0.15, -0.1) is 0 Å². The number of aliphatic hydroxyl groups excluding tert-OH is 4. The number of nitrogens with one attached hydrogen (secondary N) is 2. The number of halogens is 2. The maximum Gasteiger partial charge on any atom is 0.343 e. The van der Waals surface area contributed by atoms with Crippen LogP contribution >= 0.6 is 45.2 Å². The summed E-state index contributed by atoms with van der Waals surface area (Å²) in [4.78, 5) is 20.2. The molecule has 0 fully saturated rings. The van der Waals surface area contributed by atoms with Crippen molar-refractivity contribution in [2.45, 2.75) is 0 Å². The molecule has 24 heavy (non-hydrogen) atoms. The lowest BCUT2D eigenvalue weighted by Crippen LogP contribution is -2.21. The van der Waals surface area contributed by atoms with Crippen LogP contribution in [-0.4, -0.2) is 95.2 Å². The van der Waals surface area contributed by atoms with Crippen LogP contribution in [-0.2, 0) is 9.59 Å². The highest BCUT2D eigenvalue weighted by molar-refractivity contribution is 14.1. The van der Waals surface area contributed by atoms with E-state index in [1.165, 1.54) is 45.2 Å². The van der Waals surface area contributed by atoms with Crippen molar-refractivity contribution in [1.29, 1.82) is 0 Å². The van der Waals surface area contributed by atoms with Gasteiger partial charge in [-0.05, 0) is 45.2 Å². The lowest BCUT2D eigenvalue weighted by atomic mass is 10.5. The third kappa shape index (κ3) is 24.2. The fourth-order valence-corrected chi connectivity index (χ4v) is 1.22. The van der Waals surface area contributed by atoms with Gasteiger partial charge in [0.25, 0.3) is 0 Å². The number of carbonyl (C=O) groups is 2. The van der Waals surface area contributed by atoms with E-state index in [1.807, 2.05) is 0 Å². The number of rotatable bonds is 10. The average Bonchev–Trinajstić information content (AvgIpc) is 2.55. The lowest BCUT2D eigenvalue weighted by molar-refractivity contribution is -0.134. The molecule has 0 radical (unpaired) electrons. The Morgan fingerprint density at radius 3 is 0.958 bits per heavy atom. The first-order chi connectivity index (χ1) is 11.3. The highest BCUT2D eigenvalue weighted by Crippen LogP contribution is 2.18. The van der Waals surface area contributed by atoms with Gasteiger partial charge < -0.3 is 41.3 Å². The second-order valence-corrected chi connectivity index (χ2v) is 5.79. The van der Waals surface area contributed by atoms with Gasteiger partial charge in [0, 0.05) is 26.2 Å². The van der Waals surface area contributed by atoms with Gasteiger partial charge in [0.05, 0.1) is 26.4 Å². The molecule has 0 aromatic rings. The summed E-state index contributed by atoms with van der Waals surface area (Å²) in [6.07, 6.45) is 0. The van der Waals surface area contributed by atoms with Gasteiger partial charge in [-0.3, -0.25) is 0 Å². The standard InChI is InChI=1S/C4H2I2O4.2C4H11NO2/c5-1(3(7)8)2(6)4(9)10;2*6-3-1-5-2-4-7/h(H,7,8)(H,9,10);2*5-7H,1-4H2/b2-1+;;. The topological polar surface area (TPSA) is 180 Å². The van der Waals surface area contributed by atoms with E-state index in [0.717, 1.165) is 0 Å². The molecule has 0 heterocycles. The van der Waals surface area contributed by atoms with Crippen LogP contribution in [0.2, 0.25) is 0 Å². The molecule has 0 spiro atoms. The van der Waals surface area contributed by atoms with E-state index in [9.17, 15) is 9.59 Å². The van der Waals surface area contributed by atoms with Crippen LogP contribution in [0.4, 0.5) is 0 Å². The van der Waals surface area contributed by atoms with E-state index in [2.05, 4.69) is 10.6 Å². The summed E-state index contributed by atoms with van der Waals surface area (Å²) in [7, 11) is 0. The zero-order chi connectivity index (χ0) is 19.4. The van der Waals surface area contributed by atoms with Crippen LogP contribution in [0.15, 0.2) is 7.16 Å². The highest BCUT2D eigenvalue weighted by atomic mass is 127. The molecule has 0 aromatic carbocycles. The monoisotopic (exact) mass is 578 g/mol. The largest absolute Gasteiger partial charge is 0.477 e. The number of aliphatic hydroxyl groups is 4. The lowest BCUT2D eigenvalue weighted by Gasteiger charge is -1.94. The van der Waals surface area contributed by atoms with Crippen LogP contribution in [0, 0.1) is 0 Å². The second kappa shape index (κ2) is 22.9. The zero-order valence-electron chi connectivity index (χ0n) is 12.9. The highest BCUT2D eigenvalue weighted by Gasteiger charge is 2.13. The summed E-state index contributed by atoms with van der Waals surface area (Å²) >= 11 is 2.93. The summed E-state index contributed by atoms with van der Waals surface area (Å²) in [5.74, 6) is -2.43. The van der Waals surface area contributed by atoms with Crippen molar-refractivity contribution < 1.29 is 40.2 Å². The van der Waals surface area contributed by atoms with Crippen LogP contribution in [0.5, 0.6) is 0 Å². The summed E-state index contributed by atoms with van der Waals surface area (Å²) in [6.45, 7) is 2.84. The Morgan fingerprint density at radius 1 is 0.625 bits per heavy atom. The summed E-state index contributed by atoms with van der Waals surface area (Å²) in [6, 6.07) is 0. The molecule has 0 aliphatic rings. The minimum Gasteiger partial charge on any atom is -0.477 e. The van der Waals surface area contributed by atoms with E-state index in [4.69, 9.17) is 30.6 Å². The quantitative estimate of drug-likeness (QED) is 0.0852. The molecule has 10 nitrogen and oxygen atoms in total. The molecule has 12 heteroatoms. The predicted molar refractivity (Wildman–Crippen MR) is 104 cm³/mol. The second-order valence-electron chi connectivity index (χ2n) is 3.63. The number of hydrogen-bond acceptors (Lipinski definition) is 8. The predicted octanol–water partition coefficient (Wildman–Crippen LogP) is -1.64. The molecule has 0 amide bonds. The van der Waals surface area contributed by atoms with E-state index in [1.54, 1.807) is 0 Å². The van der Waals surface area contributed by atoms with Gasteiger partial charge in [-0.1, -0.05) is 0 Å². The Kier molecular flexibility index (Phi) is 27.4. The fraction of sp³-hybridized carbons (Fsp3) is 0.667. The van der Waals surface area contributed by atoms with Crippen LogP contribution in [0.25, 0.3) is 0 Å². The molecular weight excluding hydrogens is 554 g/mol. The Bertz CT molecular complexity index is 316. The van der Waals surface area contributed by atoms with Crippen molar-refractivity contribution in [3.8, 4) is 0 Å². The molecule has 144 valence electrons. The SMILES string of the molecule is O=C(O)/C(I)=C(\I)C(=O)O.OCCNCCO.OCCNCCO. The minimum atomic E-state index is -1.22. The van der Waals surface area contributed by atoms with Gasteiger partial charge in [0.1, 0.15) is 7.16 Å². The Balaban J connectivity index is -0.000000283. The number of hydrogen-bond donors (Lipinski definition) is 8. The molecule has 0 bridgehead atoms. The molecule has 0 unspecified atom stereocenters. The maximum atomic E-state index is 10.1. The van der Waals surface area contributed by atoms with Crippen LogP contribution in [0.3, 0.4) is 0 Å². The maximum absolute atomic E-state index is 10.1. The summed E-state index contributed by atoms with van der Waals surface area (Å²) < 4.78 is -0.351. The Morgan fingerprint density at radius 2 is 0.833 bits per heavy atom. The molecule has 8 N–H and O–H groups in total. The van der Waals surface area contributed by atoms with E-state index in [0.29, 0.717) is 26.2 Å². The average molecular weight is 578 g/mol. The van der Waals surface area contributed by atoms with Gasteiger partial charge in [0.15, 0.2) is 0 Å². The van der Waals surface area contributed by atoms with Crippen molar-refractivity contribution in [2.24, 2.45) is 0 Å². The van der Waals surface area contributed by atoms with Gasteiger partial charge in [-0.2, -0.15) is 0 Å². The third-order valence-electron chi connectivity index (χ3n) is 1.72. The van der Waals surface area contributed by atoms with Crippen molar-refractivity contribution in [3.63, 3.8) is 0 Å². The zero-order valence-corrected chi connectivity index (χ0v) is 17.2.